The lowest BCUT2D eigenvalue weighted by Crippen LogP contribution is -2.29. The monoisotopic (exact) mass is 242 g/mol. The molecule has 0 fully saturated rings. The number of hydrogen-bond donors (Lipinski definition) is 2. The Labute approximate surface area is 88.0 Å². The number of hydrogen-bond acceptors (Lipinski definition) is 4. The van der Waals surface area contributed by atoms with Gasteiger partial charge in [-0.2, -0.15) is 0 Å². The maximum absolute atomic E-state index is 11.2. The molecule has 14 heavy (non-hydrogen) atoms. The highest BCUT2D eigenvalue weighted by Crippen LogP contribution is 1.89. The second kappa shape index (κ2) is 7.33. The molecule has 7 heteroatoms. The van der Waals surface area contributed by atoms with Gasteiger partial charge in [-0.3, -0.25) is 4.21 Å². The molecule has 0 aromatic rings. The largest absolute Gasteiger partial charge is 0.330 e. The molecule has 0 rings (SSSR count). The van der Waals surface area contributed by atoms with E-state index in [1.165, 1.54) is 0 Å². The summed E-state index contributed by atoms with van der Waals surface area (Å²) in [6.07, 6.45) is 2.67. The Morgan fingerprint density at radius 3 is 2.50 bits per heavy atom. The van der Waals surface area contributed by atoms with E-state index in [0.717, 1.165) is 0 Å². The van der Waals surface area contributed by atoms with Crippen LogP contribution in [-0.4, -0.2) is 43.5 Å². The van der Waals surface area contributed by atoms with Crippen molar-refractivity contribution < 1.29 is 12.6 Å². The molecule has 0 amide bonds. The summed E-state index contributed by atoms with van der Waals surface area (Å²) in [6.45, 7) is 0.729. The van der Waals surface area contributed by atoms with Gasteiger partial charge in [0.1, 0.15) is 0 Å². The summed E-state index contributed by atoms with van der Waals surface area (Å²) in [5.41, 5.74) is 5.20. The van der Waals surface area contributed by atoms with E-state index in [1.54, 1.807) is 6.26 Å². The number of nitrogens with one attached hydrogen (secondary N) is 1. The summed E-state index contributed by atoms with van der Waals surface area (Å²) in [7, 11) is -4.02. The van der Waals surface area contributed by atoms with Gasteiger partial charge >= 0.3 is 0 Å². The molecule has 1 unspecified atom stereocenters. The van der Waals surface area contributed by atoms with E-state index in [1.807, 2.05) is 0 Å². The molecule has 0 heterocycles. The molecule has 0 saturated carbocycles. The highest BCUT2D eigenvalue weighted by atomic mass is 32.2. The van der Waals surface area contributed by atoms with E-state index in [-0.39, 0.29) is 5.75 Å². The van der Waals surface area contributed by atoms with E-state index in [4.69, 9.17) is 5.73 Å². The zero-order valence-electron chi connectivity index (χ0n) is 8.36. The van der Waals surface area contributed by atoms with Crippen LogP contribution >= 0.6 is 0 Å². The Morgan fingerprint density at radius 2 is 2.00 bits per heavy atom. The summed E-state index contributed by atoms with van der Waals surface area (Å²) in [6, 6.07) is 0. The lowest BCUT2D eigenvalue weighted by Gasteiger charge is -2.04. The molecule has 0 aromatic carbocycles. The van der Waals surface area contributed by atoms with Crippen LogP contribution in [0.3, 0.4) is 0 Å². The van der Waals surface area contributed by atoms with Crippen LogP contribution < -0.4 is 10.5 Å². The van der Waals surface area contributed by atoms with Gasteiger partial charge in [-0.25, -0.2) is 13.1 Å². The SMILES string of the molecule is CS(=O)CCCNS(=O)(=O)CCCN. The Kier molecular flexibility index (Phi) is 7.34. The molecule has 0 aliphatic rings. The van der Waals surface area contributed by atoms with Crippen molar-refractivity contribution in [3.63, 3.8) is 0 Å². The highest BCUT2D eigenvalue weighted by Gasteiger charge is 2.07. The Hall–Kier alpha value is 0.0200. The average Bonchev–Trinajstić information content (AvgIpc) is 2.09. The standard InChI is InChI=1S/C7H18N2O3S2/c1-13(10)6-3-5-9-14(11,12)7-2-4-8/h9H,2-8H2,1H3. The fraction of sp³-hybridized carbons (Fsp3) is 1.00. The third kappa shape index (κ3) is 8.61. The van der Waals surface area contributed by atoms with Crippen LogP contribution in [0.5, 0.6) is 0 Å². The van der Waals surface area contributed by atoms with Crippen molar-refractivity contribution in [3.8, 4) is 0 Å². The van der Waals surface area contributed by atoms with Gasteiger partial charge in [0.05, 0.1) is 5.75 Å². The molecule has 0 aliphatic carbocycles. The lowest BCUT2D eigenvalue weighted by atomic mass is 10.5. The summed E-state index contributed by atoms with van der Waals surface area (Å²) in [5, 5.41) is 0. The Morgan fingerprint density at radius 1 is 1.36 bits per heavy atom. The fourth-order valence-electron chi connectivity index (χ4n) is 0.849. The molecule has 0 radical (unpaired) electrons. The minimum Gasteiger partial charge on any atom is -0.330 e. The van der Waals surface area contributed by atoms with Gasteiger partial charge in [0.25, 0.3) is 0 Å². The van der Waals surface area contributed by atoms with Crippen LogP contribution in [0, 0.1) is 0 Å². The minimum atomic E-state index is -3.17. The van der Waals surface area contributed by atoms with Gasteiger partial charge in [-0.15, -0.1) is 0 Å². The molecule has 0 aliphatic heterocycles. The van der Waals surface area contributed by atoms with Gasteiger partial charge in [-0.1, -0.05) is 0 Å². The maximum Gasteiger partial charge on any atom is 0.211 e. The fourth-order valence-corrected chi connectivity index (χ4v) is 2.55. The van der Waals surface area contributed by atoms with E-state index in [0.29, 0.717) is 31.7 Å². The van der Waals surface area contributed by atoms with Crippen LogP contribution in [0.4, 0.5) is 0 Å². The molecule has 0 bridgehead atoms. The van der Waals surface area contributed by atoms with E-state index < -0.39 is 20.8 Å². The molecule has 0 saturated heterocycles. The van der Waals surface area contributed by atoms with Crippen LogP contribution in [-0.2, 0) is 20.8 Å². The van der Waals surface area contributed by atoms with Gasteiger partial charge in [0.15, 0.2) is 0 Å². The van der Waals surface area contributed by atoms with Crippen LogP contribution in [0.15, 0.2) is 0 Å². The van der Waals surface area contributed by atoms with Crippen molar-refractivity contribution in [2.75, 3.05) is 30.9 Å². The smallest absolute Gasteiger partial charge is 0.211 e. The molecular weight excluding hydrogens is 224 g/mol. The maximum atomic E-state index is 11.2. The molecule has 5 nitrogen and oxygen atoms in total. The van der Waals surface area contributed by atoms with Crippen molar-refractivity contribution in [2.45, 2.75) is 12.8 Å². The number of rotatable bonds is 8. The Bertz CT molecular complexity index is 264. The topological polar surface area (TPSA) is 89.3 Å². The van der Waals surface area contributed by atoms with Gasteiger partial charge in [0, 0.05) is 29.4 Å². The van der Waals surface area contributed by atoms with Crippen molar-refractivity contribution in [3.05, 3.63) is 0 Å². The first kappa shape index (κ1) is 14.0. The average molecular weight is 242 g/mol. The summed E-state index contributed by atoms with van der Waals surface area (Å²) >= 11 is 0. The summed E-state index contributed by atoms with van der Waals surface area (Å²) in [4.78, 5) is 0. The van der Waals surface area contributed by atoms with Gasteiger partial charge < -0.3 is 5.73 Å². The second-order valence-electron chi connectivity index (χ2n) is 2.99. The third-order valence-corrected chi connectivity index (χ3v) is 3.88. The van der Waals surface area contributed by atoms with Crippen LogP contribution in [0.1, 0.15) is 12.8 Å². The van der Waals surface area contributed by atoms with Gasteiger partial charge in [-0.05, 0) is 19.4 Å². The number of nitrogens with two attached hydrogens (primary N) is 1. The molecule has 1 atom stereocenters. The van der Waals surface area contributed by atoms with E-state index in [2.05, 4.69) is 4.72 Å². The van der Waals surface area contributed by atoms with E-state index in [9.17, 15) is 12.6 Å². The zero-order chi connectivity index (χ0) is 11.0. The second-order valence-corrected chi connectivity index (χ2v) is 6.47. The van der Waals surface area contributed by atoms with Crippen molar-refractivity contribution in [1.29, 1.82) is 0 Å². The third-order valence-electron chi connectivity index (χ3n) is 1.55. The van der Waals surface area contributed by atoms with E-state index >= 15 is 0 Å². The molecule has 0 spiro atoms. The molecule has 0 aromatic heterocycles. The first-order valence-electron chi connectivity index (χ1n) is 4.45. The van der Waals surface area contributed by atoms with Crippen molar-refractivity contribution in [1.82, 2.24) is 4.72 Å². The zero-order valence-corrected chi connectivity index (χ0v) is 9.99. The van der Waals surface area contributed by atoms with Crippen molar-refractivity contribution >= 4 is 20.8 Å². The van der Waals surface area contributed by atoms with Crippen molar-refractivity contribution in [2.24, 2.45) is 5.73 Å². The predicted molar refractivity (Wildman–Crippen MR) is 59.0 cm³/mol. The quantitative estimate of drug-likeness (QED) is 0.536. The minimum absolute atomic E-state index is 0.0682. The van der Waals surface area contributed by atoms with Crippen LogP contribution in [0.2, 0.25) is 0 Å². The first-order chi connectivity index (χ1) is 6.48. The lowest BCUT2D eigenvalue weighted by molar-refractivity contribution is 0.578. The first-order valence-corrected chi connectivity index (χ1v) is 7.83. The van der Waals surface area contributed by atoms with Crippen LogP contribution in [0.25, 0.3) is 0 Å². The molecule has 3 N–H and O–H groups in total. The van der Waals surface area contributed by atoms with Gasteiger partial charge in [0.2, 0.25) is 10.0 Å². The predicted octanol–water partition coefficient (Wildman–Crippen LogP) is -0.977. The highest BCUT2D eigenvalue weighted by molar-refractivity contribution is 7.89. The normalized spacial score (nSPS) is 14.1. The molecular formula is C7H18N2O3S2. The summed E-state index contributed by atoms with van der Waals surface area (Å²) in [5.74, 6) is 0.595. The Balaban J connectivity index is 3.61. The molecule has 86 valence electrons. The summed E-state index contributed by atoms with van der Waals surface area (Å²) < 4.78 is 35.5. The number of sulfonamides is 1.